The van der Waals surface area contributed by atoms with Crippen LogP contribution in [0.5, 0.6) is 11.5 Å². The number of nitrogens with zero attached hydrogens (tertiary/aromatic N) is 2. The number of benzene rings is 1. The third-order valence-electron chi connectivity index (χ3n) is 3.56. The van der Waals surface area contributed by atoms with Gasteiger partial charge in [0.25, 0.3) is 5.91 Å². The summed E-state index contributed by atoms with van der Waals surface area (Å²) in [5.74, 6) is 1.90. The quantitative estimate of drug-likeness (QED) is 0.902. The summed E-state index contributed by atoms with van der Waals surface area (Å²) in [6.45, 7) is 1.74. The normalized spacial score (nSPS) is 16.3. The van der Waals surface area contributed by atoms with Crippen LogP contribution >= 0.6 is 0 Å². The van der Waals surface area contributed by atoms with Gasteiger partial charge < -0.3 is 24.2 Å². The lowest BCUT2D eigenvalue weighted by molar-refractivity contribution is -0.125. The highest BCUT2D eigenvalue weighted by Gasteiger charge is 2.31. The molecule has 8 heteroatoms. The first-order chi connectivity index (χ1) is 11.6. The van der Waals surface area contributed by atoms with E-state index in [1.54, 1.807) is 45.4 Å². The van der Waals surface area contributed by atoms with Crippen LogP contribution in [0.1, 0.15) is 17.7 Å². The molecule has 126 valence electrons. The molecule has 3 rings (SSSR count). The van der Waals surface area contributed by atoms with Crippen LogP contribution in [0.15, 0.2) is 33.9 Å². The summed E-state index contributed by atoms with van der Waals surface area (Å²) in [6, 6.07) is 6.99. The van der Waals surface area contributed by atoms with E-state index in [9.17, 15) is 4.79 Å². The van der Waals surface area contributed by atoms with Crippen molar-refractivity contribution in [3.8, 4) is 11.5 Å². The Morgan fingerprint density at radius 3 is 2.79 bits per heavy atom. The molecule has 0 saturated carbocycles. The van der Waals surface area contributed by atoms with E-state index < -0.39 is 6.10 Å². The predicted octanol–water partition coefficient (Wildman–Crippen LogP) is 2.13. The highest BCUT2D eigenvalue weighted by Crippen LogP contribution is 2.28. The van der Waals surface area contributed by atoms with Crippen molar-refractivity contribution in [2.75, 3.05) is 19.5 Å². The van der Waals surface area contributed by atoms with Gasteiger partial charge in [-0.3, -0.25) is 4.79 Å². The van der Waals surface area contributed by atoms with Crippen molar-refractivity contribution in [2.24, 2.45) is 5.16 Å². The fraction of sp³-hybridized carbons (Fsp3) is 0.312. The van der Waals surface area contributed by atoms with E-state index in [0.29, 0.717) is 35.2 Å². The van der Waals surface area contributed by atoms with Gasteiger partial charge in [-0.05, 0) is 25.1 Å². The molecule has 1 aromatic carbocycles. The molecule has 1 aromatic heterocycles. The lowest BCUT2D eigenvalue weighted by Gasteiger charge is -2.10. The number of ether oxygens (including phenoxy) is 2. The standard InChI is InChI=1S/C16H17N3O5/c1-9-6-15(19-23-9)17-16(20)14-8-12(18-24-14)11-7-10(21-2)4-5-13(11)22-3/h4-7,14H,8H2,1-3H3,(H,17,19,20)/t14-/m0/s1. The summed E-state index contributed by atoms with van der Waals surface area (Å²) in [4.78, 5) is 17.5. The number of oxime groups is 1. The Labute approximate surface area is 138 Å². The van der Waals surface area contributed by atoms with E-state index in [1.165, 1.54) is 0 Å². The molecule has 0 fully saturated rings. The molecule has 0 radical (unpaired) electrons. The zero-order valence-electron chi connectivity index (χ0n) is 13.5. The van der Waals surface area contributed by atoms with E-state index in [0.717, 1.165) is 5.56 Å². The first-order valence-electron chi connectivity index (χ1n) is 7.30. The first kappa shape index (κ1) is 15.9. The van der Waals surface area contributed by atoms with Gasteiger partial charge in [0.1, 0.15) is 17.3 Å². The van der Waals surface area contributed by atoms with E-state index in [2.05, 4.69) is 15.6 Å². The second-order valence-electron chi connectivity index (χ2n) is 5.21. The zero-order chi connectivity index (χ0) is 17.1. The van der Waals surface area contributed by atoms with E-state index in [-0.39, 0.29) is 5.91 Å². The second-order valence-corrected chi connectivity index (χ2v) is 5.21. The molecule has 24 heavy (non-hydrogen) atoms. The number of aryl methyl sites for hydroxylation is 1. The molecular formula is C16H17N3O5. The monoisotopic (exact) mass is 331 g/mol. The molecule has 0 unspecified atom stereocenters. The number of carbonyl (C=O) groups is 1. The number of amides is 1. The third kappa shape index (κ3) is 3.17. The maximum Gasteiger partial charge on any atom is 0.269 e. The van der Waals surface area contributed by atoms with Gasteiger partial charge in [-0.25, -0.2) is 0 Å². The minimum Gasteiger partial charge on any atom is -0.497 e. The molecule has 0 spiro atoms. The van der Waals surface area contributed by atoms with Gasteiger partial charge in [-0.1, -0.05) is 10.3 Å². The molecule has 1 aliphatic rings. The molecule has 2 aromatic rings. The number of hydrogen-bond acceptors (Lipinski definition) is 7. The molecule has 1 N–H and O–H groups in total. The summed E-state index contributed by atoms with van der Waals surface area (Å²) in [6.07, 6.45) is -0.431. The Morgan fingerprint density at radius 2 is 2.12 bits per heavy atom. The third-order valence-corrected chi connectivity index (χ3v) is 3.56. The van der Waals surface area contributed by atoms with Crippen molar-refractivity contribution in [1.29, 1.82) is 0 Å². The molecule has 0 saturated heterocycles. The van der Waals surface area contributed by atoms with Crippen LogP contribution in [-0.2, 0) is 9.63 Å². The summed E-state index contributed by atoms with van der Waals surface area (Å²) in [5, 5.41) is 10.4. The molecule has 0 bridgehead atoms. The van der Waals surface area contributed by atoms with Crippen LogP contribution in [0.25, 0.3) is 0 Å². The molecular weight excluding hydrogens is 314 g/mol. The van der Waals surface area contributed by atoms with E-state index in [4.69, 9.17) is 18.8 Å². The number of methoxy groups -OCH3 is 2. The molecule has 1 atom stereocenters. The van der Waals surface area contributed by atoms with Gasteiger partial charge in [-0.2, -0.15) is 0 Å². The number of nitrogens with one attached hydrogen (secondary N) is 1. The minimum atomic E-state index is -0.743. The number of anilines is 1. The Balaban J connectivity index is 1.71. The first-order valence-corrected chi connectivity index (χ1v) is 7.30. The predicted molar refractivity (Wildman–Crippen MR) is 85.4 cm³/mol. The topological polar surface area (TPSA) is 95.2 Å². The average Bonchev–Trinajstić information content (AvgIpc) is 3.23. The number of hydrogen-bond donors (Lipinski definition) is 1. The zero-order valence-corrected chi connectivity index (χ0v) is 13.5. The van der Waals surface area contributed by atoms with Gasteiger partial charge >= 0.3 is 0 Å². The summed E-state index contributed by atoms with van der Waals surface area (Å²) >= 11 is 0. The lowest BCUT2D eigenvalue weighted by atomic mass is 10.0. The number of aromatic nitrogens is 1. The van der Waals surface area contributed by atoms with Crippen molar-refractivity contribution in [3.63, 3.8) is 0 Å². The van der Waals surface area contributed by atoms with Crippen molar-refractivity contribution in [1.82, 2.24) is 5.16 Å². The van der Waals surface area contributed by atoms with Crippen molar-refractivity contribution < 1.29 is 23.6 Å². The smallest absolute Gasteiger partial charge is 0.269 e. The fourth-order valence-electron chi connectivity index (χ4n) is 2.35. The summed E-state index contributed by atoms with van der Waals surface area (Å²) in [7, 11) is 3.15. The van der Waals surface area contributed by atoms with Gasteiger partial charge in [0.05, 0.1) is 19.9 Å². The molecule has 2 heterocycles. The van der Waals surface area contributed by atoms with Crippen LogP contribution in [0, 0.1) is 6.92 Å². The Bertz CT molecular complexity index is 784. The average molecular weight is 331 g/mol. The Hall–Kier alpha value is -3.03. The SMILES string of the molecule is COc1ccc(OC)c(C2=NO[C@H](C(=O)Nc3cc(C)on3)C2)c1. The highest BCUT2D eigenvalue weighted by atomic mass is 16.6. The van der Waals surface area contributed by atoms with Gasteiger partial charge in [0.2, 0.25) is 6.10 Å². The molecule has 1 aliphatic heterocycles. The van der Waals surface area contributed by atoms with Crippen LogP contribution in [0.2, 0.25) is 0 Å². The molecule has 0 aliphatic carbocycles. The molecule has 8 nitrogen and oxygen atoms in total. The second kappa shape index (κ2) is 6.61. The van der Waals surface area contributed by atoms with E-state index in [1.807, 2.05) is 0 Å². The number of carbonyl (C=O) groups excluding carboxylic acids is 1. The minimum absolute atomic E-state index is 0.312. The maximum atomic E-state index is 12.2. The lowest BCUT2D eigenvalue weighted by Crippen LogP contribution is -2.28. The van der Waals surface area contributed by atoms with Crippen LogP contribution in [-0.4, -0.2) is 37.1 Å². The maximum absolute atomic E-state index is 12.2. The number of rotatable bonds is 5. The highest BCUT2D eigenvalue weighted by molar-refractivity contribution is 6.07. The summed E-state index contributed by atoms with van der Waals surface area (Å²) < 4.78 is 15.5. The van der Waals surface area contributed by atoms with Crippen molar-refractivity contribution >= 4 is 17.4 Å². The van der Waals surface area contributed by atoms with Crippen LogP contribution in [0.4, 0.5) is 5.82 Å². The fourth-order valence-corrected chi connectivity index (χ4v) is 2.35. The molecule has 1 amide bonds. The van der Waals surface area contributed by atoms with Gasteiger partial charge in [0, 0.05) is 18.1 Å². The van der Waals surface area contributed by atoms with Crippen LogP contribution < -0.4 is 14.8 Å². The van der Waals surface area contributed by atoms with Crippen molar-refractivity contribution in [3.05, 3.63) is 35.6 Å². The van der Waals surface area contributed by atoms with Crippen molar-refractivity contribution in [2.45, 2.75) is 19.4 Å². The largest absolute Gasteiger partial charge is 0.497 e. The van der Waals surface area contributed by atoms with E-state index >= 15 is 0 Å². The van der Waals surface area contributed by atoms with Gasteiger partial charge in [0.15, 0.2) is 5.82 Å². The summed E-state index contributed by atoms with van der Waals surface area (Å²) in [5.41, 5.74) is 1.34. The Kier molecular flexibility index (Phi) is 4.37. The van der Waals surface area contributed by atoms with Gasteiger partial charge in [-0.15, -0.1) is 0 Å². The Morgan fingerprint density at radius 1 is 1.29 bits per heavy atom. The van der Waals surface area contributed by atoms with Crippen LogP contribution in [0.3, 0.4) is 0 Å².